The third kappa shape index (κ3) is 4.21. The normalized spacial score (nSPS) is 12.1. The molecule has 1 rings (SSSR count). The lowest BCUT2D eigenvalue weighted by atomic mass is 9.89. The summed E-state index contributed by atoms with van der Waals surface area (Å²) in [7, 11) is 0. The van der Waals surface area contributed by atoms with E-state index in [0.29, 0.717) is 12.5 Å². The van der Waals surface area contributed by atoms with Crippen LogP contribution >= 0.6 is 0 Å². The summed E-state index contributed by atoms with van der Waals surface area (Å²) in [6.45, 7) is 5.07. The van der Waals surface area contributed by atoms with Crippen LogP contribution in [0.25, 0.3) is 0 Å². The summed E-state index contributed by atoms with van der Waals surface area (Å²) in [5.41, 5.74) is -2.60. The Morgan fingerprint density at radius 1 is 1.19 bits per heavy atom. The molecule has 0 aliphatic carbocycles. The molecule has 2 N–H and O–H groups in total. The van der Waals surface area contributed by atoms with Gasteiger partial charge >= 0.3 is 12.1 Å². The van der Waals surface area contributed by atoms with Gasteiger partial charge in [0.05, 0.1) is 11.1 Å². The van der Waals surface area contributed by atoms with Crippen LogP contribution in [0.15, 0.2) is 18.2 Å². The minimum absolute atomic E-state index is 0.186. The first-order valence-electron chi connectivity index (χ1n) is 6.24. The smallest absolute Gasteiger partial charge is 0.416 e. The number of hydrogen-bond acceptors (Lipinski definition) is 2. The molecule has 4 nitrogen and oxygen atoms in total. The number of rotatable bonds is 4. The lowest BCUT2D eigenvalue weighted by Crippen LogP contribution is -2.30. The van der Waals surface area contributed by atoms with Gasteiger partial charge in [-0.1, -0.05) is 20.8 Å². The Morgan fingerprint density at radius 3 is 2.19 bits per heavy atom. The lowest BCUT2D eigenvalue weighted by Gasteiger charge is -2.22. The number of nitrogens with one attached hydrogen (secondary N) is 1. The Hall–Kier alpha value is -2.05. The fourth-order valence-corrected chi connectivity index (χ4v) is 1.45. The largest absolute Gasteiger partial charge is 0.478 e. The second-order valence-electron chi connectivity index (χ2n) is 5.29. The molecule has 0 aliphatic heterocycles. The van der Waals surface area contributed by atoms with Gasteiger partial charge in [0.15, 0.2) is 0 Å². The predicted molar refractivity (Wildman–Crippen MR) is 71.1 cm³/mol. The van der Waals surface area contributed by atoms with E-state index in [4.69, 9.17) is 5.11 Å². The van der Waals surface area contributed by atoms with Crippen LogP contribution in [-0.4, -0.2) is 17.0 Å². The van der Waals surface area contributed by atoms with Gasteiger partial charge < -0.3 is 10.4 Å². The van der Waals surface area contributed by atoms with E-state index in [1.807, 2.05) is 0 Å². The van der Waals surface area contributed by atoms with Crippen molar-refractivity contribution in [2.24, 2.45) is 5.41 Å². The number of benzene rings is 1. The molecule has 0 saturated carbocycles. The van der Waals surface area contributed by atoms with E-state index in [0.717, 1.165) is 12.1 Å². The first-order valence-corrected chi connectivity index (χ1v) is 6.24. The van der Waals surface area contributed by atoms with E-state index in [1.165, 1.54) is 0 Å². The fraction of sp³-hybridized carbons (Fsp3) is 0.429. The van der Waals surface area contributed by atoms with Crippen LogP contribution in [0, 0.1) is 5.41 Å². The third-order valence-electron chi connectivity index (χ3n) is 3.26. The molecule has 1 aromatic rings. The van der Waals surface area contributed by atoms with Crippen LogP contribution in [0.5, 0.6) is 0 Å². The molecule has 0 atom stereocenters. The van der Waals surface area contributed by atoms with Gasteiger partial charge in [-0.15, -0.1) is 0 Å². The first-order chi connectivity index (χ1) is 9.47. The molecule has 7 heteroatoms. The number of carboxylic acid groups (broad SMARTS) is 1. The number of anilines is 1. The summed E-state index contributed by atoms with van der Waals surface area (Å²) in [6, 6.07) is 2.25. The predicted octanol–water partition coefficient (Wildman–Crippen LogP) is 3.78. The fourth-order valence-electron chi connectivity index (χ4n) is 1.45. The highest BCUT2D eigenvalue weighted by atomic mass is 19.4. The molecule has 21 heavy (non-hydrogen) atoms. The highest BCUT2D eigenvalue weighted by molar-refractivity contribution is 5.96. The zero-order valence-electron chi connectivity index (χ0n) is 11.8. The Morgan fingerprint density at radius 2 is 1.76 bits per heavy atom. The maximum absolute atomic E-state index is 12.7. The number of carboxylic acids is 1. The third-order valence-corrected chi connectivity index (χ3v) is 3.26. The Bertz CT molecular complexity index is 565. The van der Waals surface area contributed by atoms with Crippen molar-refractivity contribution in [2.45, 2.75) is 33.4 Å². The Balaban J connectivity index is 3.21. The monoisotopic (exact) mass is 303 g/mol. The number of carbonyl (C=O) groups excluding carboxylic acids is 1. The van der Waals surface area contributed by atoms with Gasteiger partial charge in [-0.25, -0.2) is 4.79 Å². The highest BCUT2D eigenvalue weighted by Gasteiger charge is 2.32. The van der Waals surface area contributed by atoms with Gasteiger partial charge in [-0.05, 0) is 24.6 Å². The minimum Gasteiger partial charge on any atom is -0.478 e. The van der Waals surface area contributed by atoms with Gasteiger partial charge in [0.2, 0.25) is 5.91 Å². The molecule has 0 radical (unpaired) electrons. The van der Waals surface area contributed by atoms with E-state index in [9.17, 15) is 22.8 Å². The number of hydrogen-bond donors (Lipinski definition) is 2. The number of amides is 1. The molecule has 0 aliphatic rings. The summed E-state index contributed by atoms with van der Waals surface area (Å²) in [5, 5.41) is 11.2. The molecule has 1 aromatic carbocycles. The topological polar surface area (TPSA) is 66.4 Å². The molecule has 116 valence electrons. The Kier molecular flexibility index (Phi) is 4.65. The van der Waals surface area contributed by atoms with Gasteiger partial charge in [-0.3, -0.25) is 4.79 Å². The molecule has 0 heterocycles. The van der Waals surface area contributed by atoms with Crippen molar-refractivity contribution < 1.29 is 27.9 Å². The molecule has 0 spiro atoms. The van der Waals surface area contributed by atoms with Crippen LogP contribution in [0.3, 0.4) is 0 Å². The van der Waals surface area contributed by atoms with E-state index in [1.54, 1.807) is 20.8 Å². The average molecular weight is 303 g/mol. The summed E-state index contributed by atoms with van der Waals surface area (Å²) < 4.78 is 38.2. The number of aromatic carboxylic acids is 1. The van der Waals surface area contributed by atoms with Crippen molar-refractivity contribution >= 4 is 17.6 Å². The van der Waals surface area contributed by atoms with Crippen molar-refractivity contribution in [1.29, 1.82) is 0 Å². The molecule has 0 bridgehead atoms. The molecular weight excluding hydrogens is 287 g/mol. The summed E-state index contributed by atoms with van der Waals surface area (Å²) >= 11 is 0. The van der Waals surface area contributed by atoms with Crippen molar-refractivity contribution in [3.63, 3.8) is 0 Å². The van der Waals surface area contributed by atoms with Crippen molar-refractivity contribution in [1.82, 2.24) is 0 Å². The zero-order chi connectivity index (χ0) is 16.4. The van der Waals surface area contributed by atoms with E-state index >= 15 is 0 Å². The van der Waals surface area contributed by atoms with Crippen LogP contribution in [0.4, 0.5) is 18.9 Å². The van der Waals surface area contributed by atoms with Crippen molar-refractivity contribution in [3.05, 3.63) is 29.3 Å². The molecule has 0 fully saturated rings. The lowest BCUT2D eigenvalue weighted by molar-refractivity contribution is -0.137. The van der Waals surface area contributed by atoms with E-state index < -0.39 is 34.6 Å². The second-order valence-corrected chi connectivity index (χ2v) is 5.29. The number of alkyl halides is 3. The molecular formula is C14H16F3NO3. The average Bonchev–Trinajstić information content (AvgIpc) is 2.37. The Labute approximate surface area is 120 Å². The standard InChI is InChI=1S/C14H16F3NO3/c1-4-13(2,3)12(21)18-10-6-8(11(19)20)5-9(7-10)14(15,16)17/h5-7H,4H2,1-3H3,(H,18,21)(H,19,20). The van der Waals surface area contributed by atoms with Crippen LogP contribution < -0.4 is 5.32 Å². The number of carbonyl (C=O) groups is 2. The SMILES string of the molecule is CCC(C)(C)C(=O)Nc1cc(C(=O)O)cc(C(F)(F)F)c1. The van der Waals surface area contributed by atoms with Gasteiger partial charge in [0, 0.05) is 11.1 Å². The maximum Gasteiger partial charge on any atom is 0.416 e. The zero-order valence-corrected chi connectivity index (χ0v) is 11.8. The van der Waals surface area contributed by atoms with Crippen LogP contribution in [-0.2, 0) is 11.0 Å². The van der Waals surface area contributed by atoms with Crippen LogP contribution in [0.1, 0.15) is 43.1 Å². The number of halogens is 3. The van der Waals surface area contributed by atoms with Gasteiger partial charge in [0.25, 0.3) is 0 Å². The highest BCUT2D eigenvalue weighted by Crippen LogP contribution is 2.32. The van der Waals surface area contributed by atoms with Crippen molar-refractivity contribution in [2.75, 3.05) is 5.32 Å². The summed E-state index contributed by atoms with van der Waals surface area (Å²) in [4.78, 5) is 22.9. The molecule has 1 amide bonds. The summed E-state index contributed by atoms with van der Waals surface area (Å²) in [6.07, 6.45) is -4.20. The van der Waals surface area contributed by atoms with Crippen molar-refractivity contribution in [3.8, 4) is 0 Å². The minimum atomic E-state index is -4.69. The molecule has 0 unspecified atom stereocenters. The quantitative estimate of drug-likeness (QED) is 0.889. The molecule has 0 saturated heterocycles. The van der Waals surface area contributed by atoms with Gasteiger partial charge in [-0.2, -0.15) is 13.2 Å². The van der Waals surface area contributed by atoms with E-state index in [-0.39, 0.29) is 5.69 Å². The summed E-state index contributed by atoms with van der Waals surface area (Å²) in [5.74, 6) is -1.97. The van der Waals surface area contributed by atoms with E-state index in [2.05, 4.69) is 5.32 Å². The van der Waals surface area contributed by atoms with Gasteiger partial charge in [0.1, 0.15) is 0 Å². The second kappa shape index (κ2) is 5.75. The van der Waals surface area contributed by atoms with Crippen LogP contribution in [0.2, 0.25) is 0 Å². The maximum atomic E-state index is 12.7. The molecule has 0 aromatic heterocycles. The first kappa shape index (κ1) is 17.0.